The average molecular weight is 374 g/mol. The van der Waals surface area contributed by atoms with Gasteiger partial charge in [0.15, 0.2) is 9.84 Å². The molecular formula is C16H22O6S2. The quantitative estimate of drug-likeness (QED) is 0.706. The molecule has 2 rings (SSSR count). The second-order valence-corrected chi connectivity index (χ2v) is 10.7. The fourth-order valence-electron chi connectivity index (χ4n) is 2.94. The third-order valence-corrected chi connectivity index (χ3v) is 7.18. The van der Waals surface area contributed by atoms with E-state index in [-0.39, 0.29) is 27.4 Å². The standard InChI is InChI=1S/C16H22O6S2/c1-23(18,19)14-6-3-12(4-7-14)11-22-15-8-5-13(10-17)9-16(15)24(2,20)21/h5,8-10,12,14H,3-4,6-7,11H2,1-2H3. The van der Waals surface area contributed by atoms with E-state index in [1.165, 1.54) is 24.5 Å². The van der Waals surface area contributed by atoms with Gasteiger partial charge < -0.3 is 4.74 Å². The minimum Gasteiger partial charge on any atom is -0.492 e. The normalized spacial score (nSPS) is 22.1. The highest BCUT2D eigenvalue weighted by molar-refractivity contribution is 7.91. The fraction of sp³-hybridized carbons (Fsp3) is 0.562. The number of benzene rings is 1. The van der Waals surface area contributed by atoms with Gasteiger partial charge in [-0.2, -0.15) is 0 Å². The Kier molecular flexibility index (Phi) is 5.70. The lowest BCUT2D eigenvalue weighted by Crippen LogP contribution is -2.28. The molecule has 0 aromatic heterocycles. The molecule has 8 heteroatoms. The van der Waals surface area contributed by atoms with E-state index in [0.29, 0.717) is 25.7 Å². The highest BCUT2D eigenvalue weighted by atomic mass is 32.2. The number of rotatable bonds is 6. The van der Waals surface area contributed by atoms with Crippen LogP contribution in [0.3, 0.4) is 0 Å². The van der Waals surface area contributed by atoms with Crippen LogP contribution in [0.4, 0.5) is 0 Å². The van der Waals surface area contributed by atoms with Crippen LogP contribution in [0.15, 0.2) is 23.1 Å². The molecule has 1 aliphatic rings. The van der Waals surface area contributed by atoms with Crippen LogP contribution in [0.1, 0.15) is 36.0 Å². The SMILES string of the molecule is CS(=O)(=O)c1cc(C=O)ccc1OCC1CCC(S(C)(=O)=O)CC1. The van der Waals surface area contributed by atoms with E-state index >= 15 is 0 Å². The molecule has 0 bridgehead atoms. The van der Waals surface area contributed by atoms with E-state index in [2.05, 4.69) is 0 Å². The molecule has 0 atom stereocenters. The summed E-state index contributed by atoms with van der Waals surface area (Å²) in [7, 11) is -6.51. The smallest absolute Gasteiger partial charge is 0.179 e. The Morgan fingerprint density at radius 1 is 1.08 bits per heavy atom. The molecule has 0 spiro atoms. The number of carbonyl (C=O) groups is 1. The van der Waals surface area contributed by atoms with Gasteiger partial charge in [-0.3, -0.25) is 4.79 Å². The summed E-state index contributed by atoms with van der Waals surface area (Å²) in [4.78, 5) is 10.8. The predicted octanol–water partition coefficient (Wildman–Crippen LogP) is 1.88. The van der Waals surface area contributed by atoms with Gasteiger partial charge in [-0.1, -0.05) is 0 Å². The van der Waals surface area contributed by atoms with Crippen LogP contribution in [0, 0.1) is 5.92 Å². The molecule has 0 saturated heterocycles. The van der Waals surface area contributed by atoms with Crippen LogP contribution in [0.25, 0.3) is 0 Å². The van der Waals surface area contributed by atoms with Gasteiger partial charge in [0.1, 0.15) is 26.8 Å². The van der Waals surface area contributed by atoms with Crippen molar-refractivity contribution >= 4 is 26.0 Å². The molecule has 0 aliphatic heterocycles. The number of carbonyl (C=O) groups excluding carboxylic acids is 1. The Hall–Kier alpha value is -1.41. The summed E-state index contributed by atoms with van der Waals surface area (Å²) in [5.74, 6) is 0.425. The molecule has 0 heterocycles. The van der Waals surface area contributed by atoms with Crippen molar-refractivity contribution in [3.05, 3.63) is 23.8 Å². The van der Waals surface area contributed by atoms with Crippen molar-refractivity contribution in [3.8, 4) is 5.75 Å². The van der Waals surface area contributed by atoms with Crippen LogP contribution in [0.5, 0.6) is 5.75 Å². The highest BCUT2D eigenvalue weighted by Gasteiger charge is 2.28. The van der Waals surface area contributed by atoms with Crippen molar-refractivity contribution in [2.45, 2.75) is 35.8 Å². The van der Waals surface area contributed by atoms with Crippen LogP contribution < -0.4 is 4.74 Å². The maximum atomic E-state index is 11.9. The second-order valence-electron chi connectivity index (χ2n) is 6.38. The van der Waals surface area contributed by atoms with Gasteiger partial charge >= 0.3 is 0 Å². The van der Waals surface area contributed by atoms with Crippen molar-refractivity contribution in [2.24, 2.45) is 5.92 Å². The molecule has 134 valence electrons. The van der Waals surface area contributed by atoms with Crippen LogP contribution >= 0.6 is 0 Å². The topological polar surface area (TPSA) is 94.6 Å². The number of hydrogen-bond donors (Lipinski definition) is 0. The van der Waals surface area contributed by atoms with Crippen molar-refractivity contribution in [2.75, 3.05) is 19.1 Å². The predicted molar refractivity (Wildman–Crippen MR) is 91.0 cm³/mol. The molecule has 0 amide bonds. The molecule has 0 radical (unpaired) electrons. The van der Waals surface area contributed by atoms with E-state index in [4.69, 9.17) is 4.74 Å². The zero-order valence-electron chi connectivity index (χ0n) is 13.8. The maximum Gasteiger partial charge on any atom is 0.179 e. The van der Waals surface area contributed by atoms with Crippen molar-refractivity contribution in [3.63, 3.8) is 0 Å². The third kappa shape index (κ3) is 4.80. The summed E-state index contributed by atoms with van der Waals surface area (Å²) in [5.41, 5.74) is 0.274. The molecule has 1 aromatic rings. The Morgan fingerprint density at radius 2 is 1.71 bits per heavy atom. The van der Waals surface area contributed by atoms with Gasteiger partial charge in [-0.05, 0) is 49.8 Å². The highest BCUT2D eigenvalue weighted by Crippen LogP contribution is 2.30. The lowest BCUT2D eigenvalue weighted by Gasteiger charge is -2.27. The molecule has 6 nitrogen and oxygen atoms in total. The molecule has 24 heavy (non-hydrogen) atoms. The third-order valence-electron chi connectivity index (χ3n) is 4.38. The zero-order chi connectivity index (χ0) is 18.0. The molecule has 0 N–H and O–H groups in total. The zero-order valence-corrected chi connectivity index (χ0v) is 15.4. The second kappa shape index (κ2) is 7.23. The number of sulfone groups is 2. The molecule has 0 unspecified atom stereocenters. The first-order valence-corrected chi connectivity index (χ1v) is 11.6. The first kappa shape index (κ1) is 18.9. The molecular weight excluding hydrogens is 352 g/mol. The van der Waals surface area contributed by atoms with Gasteiger partial charge in [-0.15, -0.1) is 0 Å². The monoisotopic (exact) mass is 374 g/mol. The van der Waals surface area contributed by atoms with Gasteiger partial charge in [0.05, 0.1) is 11.9 Å². The van der Waals surface area contributed by atoms with E-state index in [1.54, 1.807) is 0 Å². The summed E-state index contributed by atoms with van der Waals surface area (Å²) in [6.45, 7) is 0.333. The number of aldehydes is 1. The molecule has 1 saturated carbocycles. The van der Waals surface area contributed by atoms with E-state index in [0.717, 1.165) is 19.1 Å². The van der Waals surface area contributed by atoms with Gasteiger partial charge in [0.2, 0.25) is 0 Å². The lowest BCUT2D eigenvalue weighted by molar-refractivity contribution is 0.112. The Labute approximate surface area is 143 Å². The Morgan fingerprint density at radius 3 is 2.21 bits per heavy atom. The van der Waals surface area contributed by atoms with Gasteiger partial charge in [-0.25, -0.2) is 16.8 Å². The van der Waals surface area contributed by atoms with Gasteiger partial charge in [0, 0.05) is 18.1 Å². The van der Waals surface area contributed by atoms with E-state index < -0.39 is 19.7 Å². The number of ether oxygens (including phenoxy) is 1. The summed E-state index contributed by atoms with van der Waals surface area (Å²) in [6.07, 6.45) is 5.61. The van der Waals surface area contributed by atoms with Crippen LogP contribution in [-0.4, -0.2) is 47.5 Å². The van der Waals surface area contributed by atoms with Crippen LogP contribution in [0.2, 0.25) is 0 Å². The summed E-state index contributed by atoms with van der Waals surface area (Å²) in [6, 6.07) is 4.30. The fourth-order valence-corrected chi connectivity index (χ4v) is 4.91. The summed E-state index contributed by atoms with van der Waals surface area (Å²) in [5, 5.41) is -0.285. The molecule has 1 aromatic carbocycles. The van der Waals surface area contributed by atoms with Crippen molar-refractivity contribution in [1.29, 1.82) is 0 Å². The summed E-state index contributed by atoms with van der Waals surface area (Å²) >= 11 is 0. The first-order valence-electron chi connectivity index (χ1n) is 7.72. The molecule has 1 fully saturated rings. The van der Waals surface area contributed by atoms with E-state index in [9.17, 15) is 21.6 Å². The maximum absolute atomic E-state index is 11.9. The Bertz CT molecular complexity index is 803. The average Bonchev–Trinajstić information content (AvgIpc) is 2.51. The first-order chi connectivity index (χ1) is 11.1. The molecule has 1 aliphatic carbocycles. The van der Waals surface area contributed by atoms with Crippen molar-refractivity contribution in [1.82, 2.24) is 0 Å². The minimum absolute atomic E-state index is 0.00285. The van der Waals surface area contributed by atoms with Crippen molar-refractivity contribution < 1.29 is 26.4 Å². The Balaban J connectivity index is 2.04. The van der Waals surface area contributed by atoms with Crippen LogP contribution in [-0.2, 0) is 19.7 Å². The van der Waals surface area contributed by atoms with Gasteiger partial charge in [0.25, 0.3) is 0 Å². The number of hydrogen-bond acceptors (Lipinski definition) is 6. The largest absolute Gasteiger partial charge is 0.492 e. The van der Waals surface area contributed by atoms with E-state index in [1.807, 2.05) is 0 Å². The summed E-state index contributed by atoms with van der Waals surface area (Å²) < 4.78 is 52.5. The lowest BCUT2D eigenvalue weighted by atomic mass is 9.89. The minimum atomic E-state index is -3.51.